The van der Waals surface area contributed by atoms with E-state index in [4.69, 9.17) is 4.74 Å². The third kappa shape index (κ3) is 3.99. The van der Waals surface area contributed by atoms with Crippen LogP contribution in [0.25, 0.3) is 0 Å². The monoisotopic (exact) mass is 314 g/mol. The fourth-order valence-electron chi connectivity index (χ4n) is 2.37. The van der Waals surface area contributed by atoms with E-state index < -0.39 is 14.9 Å². The van der Waals surface area contributed by atoms with Crippen molar-refractivity contribution in [2.45, 2.75) is 31.8 Å². The molecule has 116 valence electrons. The molecule has 1 aromatic carbocycles. The highest BCUT2D eigenvalue weighted by Crippen LogP contribution is 2.19. The minimum Gasteiger partial charge on any atom is -0.373 e. The fourth-order valence-corrected chi connectivity index (χ4v) is 4.04. The van der Waals surface area contributed by atoms with Crippen molar-refractivity contribution >= 4 is 15.7 Å². The Morgan fingerprint density at radius 1 is 1.24 bits per heavy atom. The average molecular weight is 314 g/mol. The van der Waals surface area contributed by atoms with Gasteiger partial charge in [0.15, 0.2) is 0 Å². The first-order chi connectivity index (χ1) is 9.78. The van der Waals surface area contributed by atoms with Crippen molar-refractivity contribution in [2.24, 2.45) is 0 Å². The molecule has 0 saturated carbocycles. The first-order valence-electron chi connectivity index (χ1n) is 6.64. The van der Waals surface area contributed by atoms with Gasteiger partial charge in [0, 0.05) is 25.2 Å². The van der Waals surface area contributed by atoms with Crippen molar-refractivity contribution in [2.75, 3.05) is 13.1 Å². The Balaban J connectivity index is 2.11. The van der Waals surface area contributed by atoms with Crippen molar-refractivity contribution in [1.82, 2.24) is 4.31 Å². The summed E-state index contributed by atoms with van der Waals surface area (Å²) in [4.78, 5) is 10.1. The molecule has 1 saturated heterocycles. The number of hydrogen-bond donors (Lipinski definition) is 0. The summed E-state index contributed by atoms with van der Waals surface area (Å²) in [6, 6.07) is 5.58. The molecule has 1 heterocycles. The standard InChI is InChI=1S/C13H18N2O5S/c1-10-7-14(8-11(2)20-10)21(18,19)9-12-3-5-13(6-4-12)15(16)17/h3-6,10-11H,7-9H2,1-2H3. The van der Waals surface area contributed by atoms with Crippen molar-refractivity contribution < 1.29 is 18.1 Å². The van der Waals surface area contributed by atoms with E-state index in [2.05, 4.69) is 0 Å². The van der Waals surface area contributed by atoms with Crippen molar-refractivity contribution in [1.29, 1.82) is 0 Å². The Bertz CT molecular complexity index is 604. The molecule has 1 fully saturated rings. The van der Waals surface area contributed by atoms with Gasteiger partial charge in [0.2, 0.25) is 10.0 Å². The van der Waals surface area contributed by atoms with Gasteiger partial charge in [-0.25, -0.2) is 8.42 Å². The second kappa shape index (κ2) is 6.08. The minimum atomic E-state index is -3.45. The van der Waals surface area contributed by atoms with Gasteiger partial charge in [-0.3, -0.25) is 10.1 Å². The summed E-state index contributed by atoms with van der Waals surface area (Å²) in [7, 11) is -3.45. The molecule has 0 radical (unpaired) electrons. The number of non-ortho nitro benzene ring substituents is 1. The Morgan fingerprint density at radius 3 is 2.24 bits per heavy atom. The van der Waals surface area contributed by atoms with Crippen LogP contribution in [0.2, 0.25) is 0 Å². The number of sulfonamides is 1. The van der Waals surface area contributed by atoms with Gasteiger partial charge in [0.25, 0.3) is 5.69 Å². The molecule has 7 nitrogen and oxygen atoms in total. The third-order valence-corrected chi connectivity index (χ3v) is 5.06. The van der Waals surface area contributed by atoms with E-state index in [1.165, 1.54) is 28.6 Å². The van der Waals surface area contributed by atoms with E-state index in [1.54, 1.807) is 0 Å². The average Bonchev–Trinajstić information content (AvgIpc) is 2.37. The smallest absolute Gasteiger partial charge is 0.269 e. The van der Waals surface area contributed by atoms with Crippen LogP contribution in [-0.2, 0) is 20.5 Å². The van der Waals surface area contributed by atoms with Crippen molar-refractivity contribution in [3.8, 4) is 0 Å². The van der Waals surface area contributed by atoms with Gasteiger partial charge in [-0.05, 0) is 19.4 Å². The summed E-state index contributed by atoms with van der Waals surface area (Å²) in [5.41, 5.74) is 0.483. The zero-order valence-corrected chi connectivity index (χ0v) is 12.7. The second-order valence-corrected chi connectivity index (χ2v) is 7.22. The highest BCUT2D eigenvalue weighted by molar-refractivity contribution is 7.88. The Labute approximate surface area is 123 Å². The van der Waals surface area contributed by atoms with Crippen LogP contribution in [0, 0.1) is 10.1 Å². The largest absolute Gasteiger partial charge is 0.373 e. The number of ether oxygens (including phenoxy) is 1. The van der Waals surface area contributed by atoms with Gasteiger partial charge >= 0.3 is 0 Å². The van der Waals surface area contributed by atoms with E-state index in [1.807, 2.05) is 13.8 Å². The molecule has 0 spiro atoms. The second-order valence-electron chi connectivity index (χ2n) is 5.25. The van der Waals surface area contributed by atoms with Crippen LogP contribution in [-0.4, -0.2) is 42.9 Å². The molecule has 0 amide bonds. The molecule has 2 atom stereocenters. The predicted molar refractivity (Wildman–Crippen MR) is 77.3 cm³/mol. The van der Waals surface area contributed by atoms with E-state index >= 15 is 0 Å². The lowest BCUT2D eigenvalue weighted by atomic mass is 10.2. The van der Waals surface area contributed by atoms with Crippen LogP contribution in [0.5, 0.6) is 0 Å². The maximum absolute atomic E-state index is 12.4. The van der Waals surface area contributed by atoms with Crippen LogP contribution in [0.3, 0.4) is 0 Å². The first kappa shape index (κ1) is 15.9. The summed E-state index contributed by atoms with van der Waals surface area (Å²) in [6.45, 7) is 4.34. The molecular weight excluding hydrogens is 296 g/mol. The number of rotatable bonds is 4. The van der Waals surface area contributed by atoms with Crippen LogP contribution < -0.4 is 0 Å². The van der Waals surface area contributed by atoms with E-state index in [0.717, 1.165) is 0 Å². The first-order valence-corrected chi connectivity index (χ1v) is 8.25. The predicted octanol–water partition coefficient (Wildman–Crippen LogP) is 1.53. The highest BCUT2D eigenvalue weighted by atomic mass is 32.2. The molecule has 1 aliphatic rings. The molecule has 0 aliphatic carbocycles. The molecule has 0 N–H and O–H groups in total. The molecule has 2 rings (SSSR count). The molecule has 0 bridgehead atoms. The lowest BCUT2D eigenvalue weighted by Gasteiger charge is -2.34. The molecular formula is C13H18N2O5S. The molecule has 1 aromatic rings. The molecule has 21 heavy (non-hydrogen) atoms. The molecule has 8 heteroatoms. The molecule has 1 aliphatic heterocycles. The summed E-state index contributed by atoms with van der Waals surface area (Å²) in [5.74, 6) is -0.162. The van der Waals surface area contributed by atoms with Gasteiger partial charge in [-0.2, -0.15) is 4.31 Å². The van der Waals surface area contributed by atoms with Crippen molar-refractivity contribution in [3.05, 3.63) is 39.9 Å². The van der Waals surface area contributed by atoms with Gasteiger partial charge < -0.3 is 4.74 Å². The lowest BCUT2D eigenvalue weighted by Crippen LogP contribution is -2.48. The number of nitro groups is 1. The Morgan fingerprint density at radius 2 is 1.76 bits per heavy atom. The van der Waals surface area contributed by atoms with Crippen LogP contribution in [0.1, 0.15) is 19.4 Å². The van der Waals surface area contributed by atoms with E-state index in [9.17, 15) is 18.5 Å². The summed E-state index contributed by atoms with van der Waals surface area (Å²) >= 11 is 0. The zero-order valence-electron chi connectivity index (χ0n) is 11.9. The fraction of sp³-hybridized carbons (Fsp3) is 0.538. The van der Waals surface area contributed by atoms with Crippen LogP contribution in [0.4, 0.5) is 5.69 Å². The Kier molecular flexibility index (Phi) is 4.60. The Hall–Kier alpha value is -1.51. The molecule has 2 unspecified atom stereocenters. The van der Waals surface area contributed by atoms with Crippen LogP contribution in [0.15, 0.2) is 24.3 Å². The third-order valence-electron chi connectivity index (χ3n) is 3.28. The van der Waals surface area contributed by atoms with Gasteiger partial charge in [-0.1, -0.05) is 12.1 Å². The van der Waals surface area contributed by atoms with Gasteiger partial charge in [-0.15, -0.1) is 0 Å². The zero-order chi connectivity index (χ0) is 15.6. The minimum absolute atomic E-state index is 0.0511. The number of benzene rings is 1. The van der Waals surface area contributed by atoms with Gasteiger partial charge in [0.05, 0.1) is 22.9 Å². The maximum atomic E-state index is 12.4. The molecule has 0 aromatic heterocycles. The summed E-state index contributed by atoms with van der Waals surface area (Å²) in [6.07, 6.45) is -0.277. The summed E-state index contributed by atoms with van der Waals surface area (Å²) < 4.78 is 31.7. The number of nitrogens with zero attached hydrogens (tertiary/aromatic N) is 2. The van der Waals surface area contributed by atoms with E-state index in [-0.39, 0.29) is 23.6 Å². The van der Waals surface area contributed by atoms with Crippen LogP contribution >= 0.6 is 0 Å². The lowest BCUT2D eigenvalue weighted by molar-refractivity contribution is -0.384. The normalized spacial score (nSPS) is 23.9. The highest BCUT2D eigenvalue weighted by Gasteiger charge is 2.31. The van der Waals surface area contributed by atoms with Crippen molar-refractivity contribution in [3.63, 3.8) is 0 Å². The topological polar surface area (TPSA) is 89.8 Å². The summed E-state index contributed by atoms with van der Waals surface area (Å²) in [5, 5.41) is 10.6. The number of morpholine rings is 1. The van der Waals surface area contributed by atoms with E-state index in [0.29, 0.717) is 18.7 Å². The number of nitro benzene ring substituents is 1. The van der Waals surface area contributed by atoms with Gasteiger partial charge in [0.1, 0.15) is 0 Å². The quantitative estimate of drug-likeness (QED) is 0.621. The SMILES string of the molecule is CC1CN(S(=O)(=O)Cc2ccc([N+](=O)[O-])cc2)CC(C)O1. The number of hydrogen-bond acceptors (Lipinski definition) is 5. The maximum Gasteiger partial charge on any atom is 0.269 e.